The molecule has 0 saturated carbocycles. The van der Waals surface area contributed by atoms with Gasteiger partial charge in [0.1, 0.15) is 12.4 Å². The third-order valence-electron chi connectivity index (χ3n) is 1.27. The molecule has 8 heteroatoms. The third-order valence-corrected chi connectivity index (χ3v) is 1.27. The molecule has 1 rings (SSSR count). The van der Waals surface area contributed by atoms with Crippen molar-refractivity contribution in [2.45, 2.75) is 0 Å². The molecule has 0 heterocycles. The van der Waals surface area contributed by atoms with Crippen molar-refractivity contribution < 1.29 is 22.0 Å². The van der Waals surface area contributed by atoms with E-state index in [-0.39, 0.29) is 6.61 Å². The van der Waals surface area contributed by atoms with Crippen molar-refractivity contribution in [2.24, 2.45) is 0 Å². The lowest BCUT2D eigenvalue weighted by molar-refractivity contribution is 0.368. The average molecular weight is 246 g/mol. The smallest absolute Gasteiger partial charge is 0.481 e. The van der Waals surface area contributed by atoms with Gasteiger partial charge in [-0.2, -0.15) is 0 Å². The minimum Gasteiger partial charge on any atom is -0.481 e. The molecule has 17 heavy (non-hydrogen) atoms. The second-order valence-electron chi connectivity index (χ2n) is 2.58. The minimum absolute atomic E-state index is 0.246. The number of terminal acetylenes is 1. The maximum absolute atomic E-state index is 9.75. The molecule has 3 nitrogen and oxygen atoms in total. The van der Waals surface area contributed by atoms with Crippen molar-refractivity contribution in [1.82, 2.24) is 0 Å². The van der Waals surface area contributed by atoms with Gasteiger partial charge in [0.05, 0.1) is 0 Å². The van der Waals surface area contributed by atoms with Gasteiger partial charge in [-0.25, -0.2) is 0 Å². The van der Waals surface area contributed by atoms with Crippen LogP contribution in [0, 0.1) is 17.7 Å². The highest BCUT2D eigenvalue weighted by Crippen LogP contribution is 2.17. The van der Waals surface area contributed by atoms with Crippen LogP contribution in [0.15, 0.2) is 24.3 Å². The average Bonchev–Trinajstić information content (AvgIpc) is 2.25. The molecule has 90 valence electrons. The zero-order chi connectivity index (χ0) is 13.3. The first-order valence-corrected chi connectivity index (χ1v) is 4.25. The van der Waals surface area contributed by atoms with Gasteiger partial charge >= 0.3 is 12.9 Å². The number of hydrogen-bond acceptors (Lipinski definition) is 2. The highest BCUT2D eigenvalue weighted by molar-refractivity contribution is 6.50. The second-order valence-corrected chi connectivity index (χ2v) is 2.58. The van der Waals surface area contributed by atoms with Crippen LogP contribution in [-0.4, -0.2) is 13.9 Å². The first kappa shape index (κ1) is 14.8. The number of halogens is 4. The Morgan fingerprint density at radius 3 is 2.06 bits per heavy atom. The Balaban J connectivity index is 0.000000437. The van der Waals surface area contributed by atoms with Crippen LogP contribution >= 0.6 is 0 Å². The normalized spacial score (nSPS) is 9.29. The molecule has 1 aromatic carbocycles. The number of diazo groups is 1. The lowest BCUT2D eigenvalue weighted by Gasteiger charge is -1.98. The van der Waals surface area contributed by atoms with Gasteiger partial charge < -0.3 is 22.0 Å². The molecule has 0 N–H and O–H groups in total. The number of benzene rings is 1. The van der Waals surface area contributed by atoms with E-state index in [2.05, 4.69) is 10.9 Å². The van der Waals surface area contributed by atoms with Crippen LogP contribution in [0.25, 0.3) is 4.98 Å². The van der Waals surface area contributed by atoms with Crippen molar-refractivity contribution >= 4 is 12.9 Å². The molecule has 0 amide bonds. The topological polar surface area (TPSA) is 37.4 Å². The minimum atomic E-state index is -6.00. The Morgan fingerprint density at radius 2 is 1.71 bits per heavy atom. The van der Waals surface area contributed by atoms with Crippen molar-refractivity contribution in [1.29, 1.82) is 5.39 Å². The first-order chi connectivity index (χ1) is 7.86. The predicted molar refractivity (Wildman–Crippen MR) is 55.7 cm³/mol. The summed E-state index contributed by atoms with van der Waals surface area (Å²) in [7, 11) is -6.00. The van der Waals surface area contributed by atoms with E-state index < -0.39 is 7.25 Å². The summed E-state index contributed by atoms with van der Waals surface area (Å²) in [5, 5.41) is 8.36. The van der Waals surface area contributed by atoms with Crippen molar-refractivity contribution in [3.8, 4) is 18.1 Å². The summed E-state index contributed by atoms with van der Waals surface area (Å²) in [6, 6.07) is 6.64. The van der Waals surface area contributed by atoms with E-state index in [1.165, 1.54) is 0 Å². The zero-order valence-corrected chi connectivity index (χ0v) is 8.49. The standard InChI is InChI=1S/C9H7N2O.BF4/c1-2-7-12-9-5-3-8(11-10)4-6-9;2-1(3,4)5/h1,3-6H,7H2;/q+1;-1. The Hall–Kier alpha value is -2.22. The number of rotatable bonds is 2. The Bertz CT molecular complexity index is 413. The van der Waals surface area contributed by atoms with Gasteiger partial charge in [0.2, 0.25) is 5.39 Å². The number of hydrogen-bond donors (Lipinski definition) is 0. The molecule has 0 fully saturated rings. The van der Waals surface area contributed by atoms with E-state index in [1.54, 1.807) is 24.3 Å². The van der Waals surface area contributed by atoms with E-state index >= 15 is 0 Å². The third kappa shape index (κ3) is 10.1. The molecule has 0 spiro atoms. The first-order valence-electron chi connectivity index (χ1n) is 4.25. The molecule has 0 unspecified atom stereocenters. The fraction of sp³-hybridized carbons (Fsp3) is 0.111. The Kier molecular flexibility index (Phi) is 6.20. The quantitative estimate of drug-likeness (QED) is 0.346. The highest BCUT2D eigenvalue weighted by Gasteiger charge is 2.20. The summed E-state index contributed by atoms with van der Waals surface area (Å²) < 4.78 is 44.1. The highest BCUT2D eigenvalue weighted by atomic mass is 19.5. The van der Waals surface area contributed by atoms with Gasteiger partial charge in [-0.05, 0) is 12.1 Å². The van der Waals surface area contributed by atoms with Crippen LogP contribution in [0.5, 0.6) is 5.75 Å². The van der Waals surface area contributed by atoms with E-state index in [9.17, 15) is 17.3 Å². The molecule has 0 saturated heterocycles. The monoisotopic (exact) mass is 246 g/mol. The Morgan fingerprint density at radius 1 is 1.24 bits per heavy atom. The van der Waals surface area contributed by atoms with E-state index in [0.717, 1.165) is 0 Å². The van der Waals surface area contributed by atoms with Gasteiger partial charge in [0.25, 0.3) is 0 Å². The van der Waals surface area contributed by atoms with E-state index in [4.69, 9.17) is 16.6 Å². The molecule has 0 aliphatic heterocycles. The molecular weight excluding hydrogens is 239 g/mol. The fourth-order valence-corrected chi connectivity index (χ4v) is 0.734. The van der Waals surface area contributed by atoms with Crippen molar-refractivity contribution in [3.05, 3.63) is 29.2 Å². The zero-order valence-electron chi connectivity index (χ0n) is 8.49. The van der Waals surface area contributed by atoms with Crippen LogP contribution in [0.3, 0.4) is 0 Å². The van der Waals surface area contributed by atoms with Gasteiger partial charge in [-0.1, -0.05) is 5.92 Å². The van der Waals surface area contributed by atoms with Crippen LogP contribution in [0.1, 0.15) is 0 Å². The Labute approximate surface area is 95.1 Å². The van der Waals surface area contributed by atoms with Crippen LogP contribution in [0.4, 0.5) is 23.0 Å². The van der Waals surface area contributed by atoms with E-state index in [1.807, 2.05) is 0 Å². The van der Waals surface area contributed by atoms with E-state index in [0.29, 0.717) is 11.4 Å². The fourth-order valence-electron chi connectivity index (χ4n) is 0.734. The summed E-state index contributed by atoms with van der Waals surface area (Å²) in [5.41, 5.74) is 0.489. The molecule has 1 aromatic rings. The summed E-state index contributed by atoms with van der Waals surface area (Å²) >= 11 is 0. The molecular formula is C9H7BF4N2O. The predicted octanol–water partition coefficient (Wildman–Crippen LogP) is 3.48. The van der Waals surface area contributed by atoms with Crippen LogP contribution in [-0.2, 0) is 0 Å². The van der Waals surface area contributed by atoms with Crippen molar-refractivity contribution in [3.63, 3.8) is 0 Å². The van der Waals surface area contributed by atoms with Crippen LogP contribution < -0.4 is 4.74 Å². The van der Waals surface area contributed by atoms with Crippen LogP contribution in [0.2, 0.25) is 0 Å². The molecule has 0 aliphatic carbocycles. The molecule has 0 atom stereocenters. The SMILES string of the molecule is C#CCOc1ccc([N+]#N)cc1.F[B-](F)(F)F. The lowest BCUT2D eigenvalue weighted by Crippen LogP contribution is -2.02. The van der Waals surface area contributed by atoms with Gasteiger partial charge in [0, 0.05) is 12.1 Å². The largest absolute Gasteiger partial charge is 0.673 e. The number of ether oxygens (including phenoxy) is 1. The number of nitrogens with zero attached hydrogens (tertiary/aromatic N) is 2. The maximum Gasteiger partial charge on any atom is 0.673 e. The molecule has 0 aromatic heterocycles. The molecule has 0 bridgehead atoms. The summed E-state index contributed by atoms with van der Waals surface area (Å²) in [6.07, 6.45) is 5.00. The van der Waals surface area contributed by atoms with Gasteiger partial charge in [-0.15, -0.1) is 6.42 Å². The summed E-state index contributed by atoms with van der Waals surface area (Å²) in [6.45, 7) is 0.246. The second kappa shape index (κ2) is 7.12. The molecule has 0 aliphatic rings. The van der Waals surface area contributed by atoms with Crippen molar-refractivity contribution in [2.75, 3.05) is 6.61 Å². The van der Waals surface area contributed by atoms with Gasteiger partial charge in [-0.3, -0.25) is 0 Å². The summed E-state index contributed by atoms with van der Waals surface area (Å²) in [4.78, 5) is 3.00. The lowest BCUT2D eigenvalue weighted by atomic mass is 10.3. The summed E-state index contributed by atoms with van der Waals surface area (Å²) in [5.74, 6) is 3.02. The maximum atomic E-state index is 9.75. The molecule has 0 radical (unpaired) electrons. The van der Waals surface area contributed by atoms with Gasteiger partial charge in [0.15, 0.2) is 4.98 Å².